The third-order valence-corrected chi connectivity index (χ3v) is 6.04. The number of hydrogen-bond acceptors (Lipinski definition) is 8. The highest BCUT2D eigenvalue weighted by atomic mass is 16.5. The van der Waals surface area contributed by atoms with Gasteiger partial charge in [-0.3, -0.25) is 4.79 Å². The molecule has 0 bridgehead atoms. The molecule has 1 saturated carbocycles. The van der Waals surface area contributed by atoms with Gasteiger partial charge in [0.05, 0.1) is 30.9 Å². The standard InChI is InChI=1S/C25H25N7O2/c1-15-12-18-13-17(6-8-20(18)29-23(15)26)25(33)32(14-19-7-9-21(34-2)31-30-19)22(16-4-5-16)24-27-10-3-11-28-24/h3,6-13,16,22H,4-5,14H2,1-2H3,(H2,26,29). The molecule has 172 valence electrons. The molecule has 0 aliphatic heterocycles. The minimum atomic E-state index is -0.264. The number of aromatic nitrogens is 5. The van der Waals surface area contributed by atoms with E-state index in [1.54, 1.807) is 37.7 Å². The highest BCUT2D eigenvalue weighted by Crippen LogP contribution is 2.44. The Hall–Kier alpha value is -4.14. The average Bonchev–Trinajstić information content (AvgIpc) is 3.70. The number of methoxy groups -OCH3 is 1. The summed E-state index contributed by atoms with van der Waals surface area (Å²) in [7, 11) is 1.54. The van der Waals surface area contributed by atoms with Crippen LogP contribution >= 0.6 is 0 Å². The van der Waals surface area contributed by atoms with Gasteiger partial charge in [-0.2, -0.15) is 5.10 Å². The van der Waals surface area contributed by atoms with Crippen LogP contribution in [0, 0.1) is 12.8 Å². The first-order valence-electron chi connectivity index (χ1n) is 11.1. The first-order chi connectivity index (χ1) is 16.5. The second-order valence-electron chi connectivity index (χ2n) is 8.49. The van der Waals surface area contributed by atoms with E-state index in [0.717, 1.165) is 29.3 Å². The first-order valence-corrected chi connectivity index (χ1v) is 11.1. The van der Waals surface area contributed by atoms with Gasteiger partial charge in [-0.25, -0.2) is 15.0 Å². The summed E-state index contributed by atoms with van der Waals surface area (Å²) in [5.41, 5.74) is 8.79. The topological polar surface area (TPSA) is 120 Å². The van der Waals surface area contributed by atoms with Crippen LogP contribution in [0.25, 0.3) is 10.9 Å². The third kappa shape index (κ3) is 4.36. The van der Waals surface area contributed by atoms with E-state index in [1.165, 1.54) is 0 Å². The van der Waals surface area contributed by atoms with Crippen LogP contribution in [0.3, 0.4) is 0 Å². The minimum Gasteiger partial charge on any atom is -0.480 e. The highest BCUT2D eigenvalue weighted by molar-refractivity contribution is 5.98. The molecular formula is C25H25N7O2. The summed E-state index contributed by atoms with van der Waals surface area (Å²) >= 11 is 0. The maximum atomic E-state index is 14.0. The van der Waals surface area contributed by atoms with Gasteiger partial charge in [-0.05, 0) is 67.6 Å². The van der Waals surface area contributed by atoms with Crippen molar-refractivity contribution in [3.8, 4) is 5.88 Å². The molecule has 0 spiro atoms. The van der Waals surface area contributed by atoms with E-state index in [-0.39, 0.29) is 18.5 Å². The van der Waals surface area contributed by atoms with E-state index in [0.29, 0.717) is 34.7 Å². The molecule has 9 nitrogen and oxygen atoms in total. The zero-order chi connectivity index (χ0) is 23.7. The van der Waals surface area contributed by atoms with Gasteiger partial charge >= 0.3 is 0 Å². The SMILES string of the molecule is COc1ccc(CN(C(=O)c2ccc3nc(N)c(C)cc3c2)C(c2ncccn2)C2CC2)nn1. The quantitative estimate of drug-likeness (QED) is 0.449. The number of ether oxygens (including phenoxy) is 1. The summed E-state index contributed by atoms with van der Waals surface area (Å²) in [6, 6.07) is 12.5. The van der Waals surface area contributed by atoms with Crippen LogP contribution in [0.15, 0.2) is 54.9 Å². The average molecular weight is 456 g/mol. The Morgan fingerprint density at radius 2 is 1.94 bits per heavy atom. The molecule has 3 aromatic heterocycles. The van der Waals surface area contributed by atoms with E-state index in [4.69, 9.17) is 10.5 Å². The molecule has 9 heteroatoms. The molecule has 1 aliphatic rings. The van der Waals surface area contributed by atoms with Crippen molar-refractivity contribution >= 4 is 22.6 Å². The van der Waals surface area contributed by atoms with Crippen molar-refractivity contribution in [2.75, 3.05) is 12.8 Å². The fourth-order valence-electron chi connectivity index (χ4n) is 4.09. The molecule has 1 aromatic carbocycles. The van der Waals surface area contributed by atoms with Gasteiger partial charge in [-0.15, -0.1) is 5.10 Å². The predicted octanol–water partition coefficient (Wildman–Crippen LogP) is 3.51. The Morgan fingerprint density at radius 1 is 1.15 bits per heavy atom. The van der Waals surface area contributed by atoms with Crippen LogP contribution in [-0.4, -0.2) is 43.1 Å². The molecule has 34 heavy (non-hydrogen) atoms. The number of hydrogen-bond donors (Lipinski definition) is 1. The largest absolute Gasteiger partial charge is 0.480 e. The maximum absolute atomic E-state index is 14.0. The molecule has 2 N–H and O–H groups in total. The molecule has 1 atom stereocenters. The van der Waals surface area contributed by atoms with Crippen molar-refractivity contribution in [2.24, 2.45) is 5.92 Å². The number of nitrogens with zero attached hydrogens (tertiary/aromatic N) is 6. The number of amides is 1. The number of nitrogens with two attached hydrogens (primary N) is 1. The zero-order valence-electron chi connectivity index (χ0n) is 19.0. The van der Waals surface area contributed by atoms with E-state index >= 15 is 0 Å². The van der Waals surface area contributed by atoms with Crippen molar-refractivity contribution in [3.63, 3.8) is 0 Å². The molecule has 1 unspecified atom stereocenters. The maximum Gasteiger partial charge on any atom is 0.254 e. The van der Waals surface area contributed by atoms with E-state index in [9.17, 15) is 4.79 Å². The van der Waals surface area contributed by atoms with Crippen molar-refractivity contribution in [1.29, 1.82) is 0 Å². The number of pyridine rings is 1. The van der Waals surface area contributed by atoms with E-state index in [1.807, 2.05) is 36.1 Å². The van der Waals surface area contributed by atoms with Gasteiger partial charge in [0.1, 0.15) is 5.82 Å². The number of nitrogen functional groups attached to an aromatic ring is 1. The summed E-state index contributed by atoms with van der Waals surface area (Å²) in [6.45, 7) is 2.17. The molecular weight excluding hydrogens is 430 g/mol. The third-order valence-electron chi connectivity index (χ3n) is 6.04. The molecule has 1 fully saturated rings. The summed E-state index contributed by atoms with van der Waals surface area (Å²) < 4.78 is 5.13. The van der Waals surface area contributed by atoms with Gasteiger partial charge in [0, 0.05) is 29.4 Å². The van der Waals surface area contributed by atoms with Crippen LogP contribution in [0.2, 0.25) is 0 Å². The van der Waals surface area contributed by atoms with Crippen LogP contribution < -0.4 is 10.5 Å². The lowest BCUT2D eigenvalue weighted by atomic mass is 10.0. The number of carbonyl (C=O) groups excluding carboxylic acids is 1. The van der Waals surface area contributed by atoms with Crippen molar-refractivity contribution in [3.05, 3.63) is 77.5 Å². The van der Waals surface area contributed by atoms with Crippen molar-refractivity contribution in [1.82, 2.24) is 30.0 Å². The van der Waals surface area contributed by atoms with Gasteiger partial charge in [-0.1, -0.05) is 0 Å². The molecule has 0 radical (unpaired) electrons. The number of rotatable bonds is 7. The Bertz CT molecular complexity index is 1320. The summed E-state index contributed by atoms with van der Waals surface area (Å²) in [5.74, 6) is 1.70. The second kappa shape index (κ2) is 9.01. The number of benzene rings is 1. The molecule has 4 aromatic rings. The lowest BCUT2D eigenvalue weighted by molar-refractivity contribution is 0.0618. The van der Waals surface area contributed by atoms with Gasteiger partial charge in [0.2, 0.25) is 5.88 Å². The smallest absolute Gasteiger partial charge is 0.254 e. The second-order valence-corrected chi connectivity index (χ2v) is 8.49. The van der Waals surface area contributed by atoms with Gasteiger partial charge < -0.3 is 15.4 Å². The zero-order valence-corrected chi connectivity index (χ0v) is 19.0. The molecule has 5 rings (SSSR count). The normalized spacial score (nSPS) is 14.1. The molecule has 1 aliphatic carbocycles. The van der Waals surface area contributed by atoms with Crippen LogP contribution in [0.1, 0.15) is 46.3 Å². The first kappa shape index (κ1) is 21.7. The molecule has 0 saturated heterocycles. The van der Waals surface area contributed by atoms with Gasteiger partial charge in [0.15, 0.2) is 5.82 Å². The number of aryl methyl sites for hydroxylation is 1. The Balaban J connectivity index is 1.55. The van der Waals surface area contributed by atoms with Crippen molar-refractivity contribution < 1.29 is 9.53 Å². The predicted molar refractivity (Wildman–Crippen MR) is 127 cm³/mol. The Kier molecular flexibility index (Phi) is 5.75. The number of fused-ring (bicyclic) bond motifs is 1. The van der Waals surface area contributed by atoms with Crippen LogP contribution in [-0.2, 0) is 6.54 Å². The van der Waals surface area contributed by atoms with E-state index < -0.39 is 0 Å². The Morgan fingerprint density at radius 3 is 2.62 bits per heavy atom. The summed E-state index contributed by atoms with van der Waals surface area (Å²) in [6.07, 6.45) is 5.45. The number of anilines is 1. The minimum absolute atomic E-state index is 0.127. The monoisotopic (exact) mass is 455 g/mol. The molecule has 1 amide bonds. The van der Waals surface area contributed by atoms with Crippen LogP contribution in [0.5, 0.6) is 5.88 Å². The van der Waals surface area contributed by atoms with Crippen molar-refractivity contribution in [2.45, 2.75) is 32.4 Å². The summed E-state index contributed by atoms with van der Waals surface area (Å²) in [5, 5.41) is 9.19. The highest BCUT2D eigenvalue weighted by Gasteiger charge is 2.40. The summed E-state index contributed by atoms with van der Waals surface area (Å²) in [4.78, 5) is 29.2. The lowest BCUT2D eigenvalue weighted by Gasteiger charge is -2.31. The van der Waals surface area contributed by atoms with Crippen LogP contribution in [0.4, 0.5) is 5.82 Å². The number of carbonyl (C=O) groups is 1. The Labute approximate surface area is 197 Å². The lowest BCUT2D eigenvalue weighted by Crippen LogP contribution is -2.37. The molecule has 3 heterocycles. The van der Waals surface area contributed by atoms with E-state index in [2.05, 4.69) is 25.1 Å². The fraction of sp³-hybridized carbons (Fsp3) is 0.280. The fourth-order valence-corrected chi connectivity index (χ4v) is 4.09. The van der Waals surface area contributed by atoms with Gasteiger partial charge in [0.25, 0.3) is 5.91 Å².